The van der Waals surface area contributed by atoms with Crippen LogP contribution >= 0.6 is 0 Å². The molecule has 0 saturated carbocycles. The normalized spacial score (nSPS) is 46.1. The van der Waals surface area contributed by atoms with Crippen molar-refractivity contribution >= 4 is 5.97 Å². The summed E-state index contributed by atoms with van der Waals surface area (Å²) in [6.45, 7) is 1.80. The number of halogens is 1. The first kappa shape index (κ1) is 7.98. The molecule has 3 fully saturated rings. The van der Waals surface area contributed by atoms with E-state index in [4.69, 9.17) is 5.11 Å². The van der Waals surface area contributed by atoms with Gasteiger partial charge in [-0.3, -0.25) is 4.79 Å². The van der Waals surface area contributed by atoms with Gasteiger partial charge in [0.2, 0.25) is 0 Å². The van der Waals surface area contributed by atoms with Crippen molar-refractivity contribution in [3.8, 4) is 0 Å². The SMILES string of the molecule is O=C(O)C12CCN(CC1)CC2F. The molecule has 68 valence electrons. The molecule has 2 bridgehead atoms. The molecule has 1 atom stereocenters. The van der Waals surface area contributed by atoms with Gasteiger partial charge in [0.25, 0.3) is 0 Å². The molecule has 3 saturated heterocycles. The Balaban J connectivity index is 2.26. The molecule has 12 heavy (non-hydrogen) atoms. The summed E-state index contributed by atoms with van der Waals surface area (Å²) in [5, 5.41) is 8.93. The van der Waals surface area contributed by atoms with Gasteiger partial charge in [0.05, 0.1) is 0 Å². The summed E-state index contributed by atoms with van der Waals surface area (Å²) in [4.78, 5) is 12.9. The van der Waals surface area contributed by atoms with Crippen LogP contribution in [0.3, 0.4) is 0 Å². The van der Waals surface area contributed by atoms with Crippen molar-refractivity contribution in [2.45, 2.75) is 19.0 Å². The summed E-state index contributed by atoms with van der Waals surface area (Å²) in [5.41, 5.74) is -1.05. The van der Waals surface area contributed by atoms with Crippen molar-refractivity contribution < 1.29 is 14.3 Å². The monoisotopic (exact) mass is 173 g/mol. The summed E-state index contributed by atoms with van der Waals surface area (Å²) in [6.07, 6.45) is -0.218. The molecule has 4 heteroatoms. The van der Waals surface area contributed by atoms with Gasteiger partial charge in [-0.1, -0.05) is 0 Å². The van der Waals surface area contributed by atoms with Crippen LogP contribution in [0.15, 0.2) is 0 Å². The maximum absolute atomic E-state index is 13.4. The molecule has 3 aliphatic rings. The van der Waals surface area contributed by atoms with Crippen LogP contribution in [0.2, 0.25) is 0 Å². The van der Waals surface area contributed by atoms with Gasteiger partial charge < -0.3 is 10.0 Å². The molecule has 3 rings (SSSR count). The van der Waals surface area contributed by atoms with Crippen LogP contribution in [0, 0.1) is 5.41 Å². The number of carboxylic acids is 1. The van der Waals surface area contributed by atoms with E-state index >= 15 is 0 Å². The molecule has 0 aromatic carbocycles. The van der Waals surface area contributed by atoms with Crippen molar-refractivity contribution in [1.29, 1.82) is 0 Å². The molecule has 0 radical (unpaired) electrons. The standard InChI is InChI=1S/C8H12FNO2/c9-6-5-10-3-1-8(6,2-4-10)7(11)12/h6H,1-5H2,(H,11,12). The number of rotatable bonds is 1. The van der Waals surface area contributed by atoms with Gasteiger partial charge in [0, 0.05) is 6.54 Å². The minimum atomic E-state index is -1.17. The Labute approximate surface area is 70.2 Å². The summed E-state index contributed by atoms with van der Waals surface area (Å²) in [7, 11) is 0. The fourth-order valence-corrected chi connectivity index (χ4v) is 2.20. The van der Waals surface area contributed by atoms with E-state index in [1.807, 2.05) is 4.90 Å². The highest BCUT2D eigenvalue weighted by Gasteiger charge is 2.53. The zero-order chi connectivity index (χ0) is 8.77. The Morgan fingerprint density at radius 1 is 1.50 bits per heavy atom. The third-order valence-electron chi connectivity index (χ3n) is 3.19. The smallest absolute Gasteiger partial charge is 0.312 e. The second-order valence-electron chi connectivity index (χ2n) is 3.73. The zero-order valence-electron chi connectivity index (χ0n) is 6.79. The second kappa shape index (κ2) is 2.42. The molecule has 0 aromatic heterocycles. The molecule has 0 aromatic rings. The van der Waals surface area contributed by atoms with Crippen molar-refractivity contribution in [2.75, 3.05) is 19.6 Å². The predicted octanol–water partition coefficient (Wildman–Crippen LogP) is 0.505. The number of carbonyl (C=O) groups is 1. The van der Waals surface area contributed by atoms with Crippen molar-refractivity contribution in [1.82, 2.24) is 4.90 Å². The van der Waals surface area contributed by atoms with Crippen LogP contribution in [0.4, 0.5) is 4.39 Å². The lowest BCUT2D eigenvalue weighted by atomic mass is 9.71. The van der Waals surface area contributed by atoms with Crippen LogP contribution in [0.25, 0.3) is 0 Å². The second-order valence-corrected chi connectivity index (χ2v) is 3.73. The Morgan fingerprint density at radius 3 is 2.42 bits per heavy atom. The summed E-state index contributed by atoms with van der Waals surface area (Å²) < 4.78 is 13.4. The van der Waals surface area contributed by atoms with E-state index in [0.717, 1.165) is 13.1 Å². The number of aliphatic carboxylic acids is 1. The van der Waals surface area contributed by atoms with Crippen LogP contribution in [0.5, 0.6) is 0 Å². The van der Waals surface area contributed by atoms with E-state index in [0.29, 0.717) is 19.4 Å². The molecule has 0 aliphatic carbocycles. The number of alkyl halides is 1. The maximum Gasteiger partial charge on any atom is 0.312 e. The average molecular weight is 173 g/mol. The fraction of sp³-hybridized carbons (Fsp3) is 0.875. The average Bonchev–Trinajstić information content (AvgIpc) is 2.05. The summed E-state index contributed by atoms with van der Waals surface area (Å²) >= 11 is 0. The quantitative estimate of drug-likeness (QED) is 0.628. The third kappa shape index (κ3) is 0.874. The van der Waals surface area contributed by atoms with Crippen molar-refractivity contribution in [3.05, 3.63) is 0 Å². The highest BCUT2D eigenvalue weighted by molar-refractivity contribution is 5.76. The number of hydrogen-bond donors (Lipinski definition) is 1. The van der Waals surface area contributed by atoms with E-state index in [1.165, 1.54) is 0 Å². The maximum atomic E-state index is 13.4. The number of fused-ring (bicyclic) bond motifs is 3. The first-order valence-corrected chi connectivity index (χ1v) is 4.25. The lowest BCUT2D eigenvalue weighted by Crippen LogP contribution is -2.59. The van der Waals surface area contributed by atoms with Gasteiger partial charge in [-0.25, -0.2) is 4.39 Å². The Kier molecular flexibility index (Phi) is 1.61. The Bertz CT molecular complexity index is 211. The summed E-state index contributed by atoms with van der Waals surface area (Å²) in [5.74, 6) is -0.950. The van der Waals surface area contributed by atoms with Crippen LogP contribution in [-0.2, 0) is 4.79 Å². The van der Waals surface area contributed by atoms with Gasteiger partial charge >= 0.3 is 5.97 Å². The van der Waals surface area contributed by atoms with E-state index in [9.17, 15) is 9.18 Å². The highest BCUT2D eigenvalue weighted by Crippen LogP contribution is 2.41. The summed E-state index contributed by atoms with van der Waals surface area (Å²) in [6, 6.07) is 0. The van der Waals surface area contributed by atoms with Gasteiger partial charge in [-0.15, -0.1) is 0 Å². The third-order valence-corrected chi connectivity index (χ3v) is 3.19. The molecule has 1 N–H and O–H groups in total. The van der Waals surface area contributed by atoms with Gasteiger partial charge in [-0.2, -0.15) is 0 Å². The number of carboxylic acid groups (broad SMARTS) is 1. The number of hydrogen-bond acceptors (Lipinski definition) is 2. The molecule has 0 amide bonds. The highest BCUT2D eigenvalue weighted by atomic mass is 19.1. The fourth-order valence-electron chi connectivity index (χ4n) is 2.20. The topological polar surface area (TPSA) is 40.5 Å². The molecule has 3 heterocycles. The molecular weight excluding hydrogens is 161 g/mol. The van der Waals surface area contributed by atoms with E-state index < -0.39 is 17.6 Å². The lowest BCUT2D eigenvalue weighted by Gasteiger charge is -2.47. The molecular formula is C8H12FNO2. The van der Waals surface area contributed by atoms with Crippen LogP contribution in [-0.4, -0.2) is 41.8 Å². The largest absolute Gasteiger partial charge is 0.481 e. The molecule has 3 aliphatic heterocycles. The minimum Gasteiger partial charge on any atom is -0.481 e. The predicted molar refractivity (Wildman–Crippen MR) is 40.6 cm³/mol. The number of nitrogens with zero attached hydrogens (tertiary/aromatic N) is 1. The van der Waals surface area contributed by atoms with E-state index in [-0.39, 0.29) is 0 Å². The molecule has 3 nitrogen and oxygen atoms in total. The first-order valence-electron chi connectivity index (χ1n) is 4.25. The van der Waals surface area contributed by atoms with E-state index in [1.54, 1.807) is 0 Å². The van der Waals surface area contributed by atoms with Gasteiger partial charge in [-0.05, 0) is 25.9 Å². The van der Waals surface area contributed by atoms with Crippen molar-refractivity contribution in [2.24, 2.45) is 5.41 Å². The first-order chi connectivity index (χ1) is 5.65. The number of piperidine rings is 3. The van der Waals surface area contributed by atoms with Crippen molar-refractivity contribution in [3.63, 3.8) is 0 Å². The zero-order valence-corrected chi connectivity index (χ0v) is 6.79. The Hall–Kier alpha value is -0.640. The Morgan fingerprint density at radius 2 is 2.08 bits per heavy atom. The molecule has 0 spiro atoms. The van der Waals surface area contributed by atoms with E-state index in [2.05, 4.69) is 0 Å². The van der Waals surface area contributed by atoms with Gasteiger partial charge in [0.15, 0.2) is 0 Å². The van der Waals surface area contributed by atoms with Crippen LogP contribution < -0.4 is 0 Å². The lowest BCUT2D eigenvalue weighted by molar-refractivity contribution is -0.165. The minimum absolute atomic E-state index is 0.312. The van der Waals surface area contributed by atoms with Crippen LogP contribution in [0.1, 0.15) is 12.8 Å². The van der Waals surface area contributed by atoms with Gasteiger partial charge in [0.1, 0.15) is 11.6 Å². The molecule has 1 unspecified atom stereocenters.